The molecule has 1 amide bonds. The summed E-state index contributed by atoms with van der Waals surface area (Å²) in [7, 11) is 0. The van der Waals surface area contributed by atoms with Crippen molar-refractivity contribution in [3.63, 3.8) is 0 Å². The molecule has 0 saturated heterocycles. The van der Waals surface area contributed by atoms with Crippen molar-refractivity contribution in [2.45, 2.75) is 13.0 Å². The van der Waals surface area contributed by atoms with Crippen LogP contribution in [0.25, 0.3) is 0 Å². The summed E-state index contributed by atoms with van der Waals surface area (Å²) in [5.41, 5.74) is 0.484. The number of nitrogens with one attached hydrogen (secondary N) is 1. The van der Waals surface area contributed by atoms with Crippen molar-refractivity contribution in [3.8, 4) is 11.5 Å². The quantitative estimate of drug-likeness (QED) is 0.790. The van der Waals surface area contributed by atoms with Crippen LogP contribution in [0.3, 0.4) is 0 Å². The first-order valence-corrected chi connectivity index (χ1v) is 8.69. The number of hydrogen-bond donors (Lipinski definition) is 1. The van der Waals surface area contributed by atoms with E-state index in [4.69, 9.17) is 25.8 Å². The lowest BCUT2D eigenvalue weighted by molar-refractivity contribution is -0.124. The van der Waals surface area contributed by atoms with Crippen molar-refractivity contribution < 1.29 is 28.2 Å². The molecule has 1 N–H and O–H groups in total. The molecule has 2 aromatic rings. The first-order chi connectivity index (χ1) is 13.0. The van der Waals surface area contributed by atoms with Gasteiger partial charge >= 0.3 is 5.97 Å². The van der Waals surface area contributed by atoms with Crippen LogP contribution in [0.1, 0.15) is 22.3 Å². The van der Waals surface area contributed by atoms with E-state index in [0.29, 0.717) is 36.7 Å². The van der Waals surface area contributed by atoms with E-state index >= 15 is 0 Å². The molecular weight excluding hydrogens is 377 g/mol. The monoisotopic (exact) mass is 393 g/mol. The van der Waals surface area contributed by atoms with E-state index in [1.807, 2.05) is 0 Å². The molecule has 0 unspecified atom stereocenters. The van der Waals surface area contributed by atoms with Crippen molar-refractivity contribution >= 4 is 23.5 Å². The van der Waals surface area contributed by atoms with Crippen LogP contribution in [0.2, 0.25) is 5.02 Å². The van der Waals surface area contributed by atoms with Gasteiger partial charge in [-0.15, -0.1) is 0 Å². The molecule has 27 heavy (non-hydrogen) atoms. The number of halogens is 2. The average Bonchev–Trinajstić information content (AvgIpc) is 2.91. The Bertz CT molecular complexity index is 858. The fourth-order valence-electron chi connectivity index (χ4n) is 2.45. The molecule has 8 heteroatoms. The molecule has 0 radical (unpaired) electrons. The lowest BCUT2D eigenvalue weighted by Gasteiger charge is -2.11. The summed E-state index contributed by atoms with van der Waals surface area (Å²) in [5, 5.41) is 2.72. The van der Waals surface area contributed by atoms with Gasteiger partial charge in [-0.2, -0.15) is 0 Å². The summed E-state index contributed by atoms with van der Waals surface area (Å²) in [4.78, 5) is 24.0. The van der Waals surface area contributed by atoms with Gasteiger partial charge in [-0.05, 0) is 18.2 Å². The van der Waals surface area contributed by atoms with Crippen LogP contribution < -0.4 is 14.8 Å². The van der Waals surface area contributed by atoms with Crippen LogP contribution in [0.4, 0.5) is 4.39 Å². The molecule has 0 saturated carbocycles. The third-order valence-corrected chi connectivity index (χ3v) is 4.09. The first kappa shape index (κ1) is 19.0. The molecule has 2 aromatic carbocycles. The van der Waals surface area contributed by atoms with E-state index in [2.05, 4.69) is 5.32 Å². The minimum atomic E-state index is -0.728. The Morgan fingerprint density at radius 3 is 2.78 bits per heavy atom. The van der Waals surface area contributed by atoms with E-state index in [0.717, 1.165) is 0 Å². The van der Waals surface area contributed by atoms with E-state index < -0.39 is 24.3 Å². The summed E-state index contributed by atoms with van der Waals surface area (Å²) >= 11 is 6.13. The Kier molecular flexibility index (Phi) is 6.13. The number of rotatable bonds is 5. The third kappa shape index (κ3) is 4.89. The molecule has 1 aliphatic heterocycles. The van der Waals surface area contributed by atoms with E-state index in [1.165, 1.54) is 18.2 Å². The number of ether oxygens (including phenoxy) is 3. The molecule has 142 valence electrons. The van der Waals surface area contributed by atoms with E-state index in [-0.39, 0.29) is 17.1 Å². The Morgan fingerprint density at radius 1 is 1.19 bits per heavy atom. The second kappa shape index (κ2) is 8.73. The predicted octanol–water partition coefficient (Wildman–Crippen LogP) is 3.11. The average molecular weight is 394 g/mol. The largest absolute Gasteiger partial charge is 0.489 e. The van der Waals surface area contributed by atoms with Crippen LogP contribution in [0.5, 0.6) is 11.5 Å². The summed E-state index contributed by atoms with van der Waals surface area (Å²) in [5.74, 6) is -0.957. The van der Waals surface area contributed by atoms with E-state index in [9.17, 15) is 14.0 Å². The zero-order chi connectivity index (χ0) is 19.2. The SMILES string of the molecule is O=C(COC(=O)c1cc(Cl)c2c(c1)OCCCO2)NCc1ccccc1F. The Morgan fingerprint density at radius 2 is 1.96 bits per heavy atom. The number of fused-ring (bicyclic) bond motifs is 1. The van der Waals surface area contributed by atoms with Crippen LogP contribution in [-0.4, -0.2) is 31.7 Å². The Balaban J connectivity index is 1.56. The topological polar surface area (TPSA) is 73.9 Å². The third-order valence-electron chi connectivity index (χ3n) is 3.81. The number of carbonyl (C=O) groups excluding carboxylic acids is 2. The fraction of sp³-hybridized carbons (Fsp3) is 0.263. The number of hydrogen-bond acceptors (Lipinski definition) is 5. The molecule has 1 aliphatic rings. The zero-order valence-corrected chi connectivity index (χ0v) is 15.1. The predicted molar refractivity (Wildman–Crippen MR) is 95.6 cm³/mol. The van der Waals surface area contributed by atoms with Gasteiger partial charge in [-0.25, -0.2) is 9.18 Å². The molecule has 0 atom stereocenters. The molecule has 0 aliphatic carbocycles. The second-order valence-corrected chi connectivity index (χ2v) is 6.19. The van der Waals surface area contributed by atoms with Gasteiger partial charge in [0.1, 0.15) is 5.82 Å². The molecule has 0 spiro atoms. The van der Waals surface area contributed by atoms with E-state index in [1.54, 1.807) is 18.2 Å². The Labute approximate surface area is 160 Å². The van der Waals surface area contributed by atoms with Crippen LogP contribution in [-0.2, 0) is 16.1 Å². The normalized spacial score (nSPS) is 12.8. The lowest BCUT2D eigenvalue weighted by atomic mass is 10.2. The minimum Gasteiger partial charge on any atom is -0.489 e. The minimum absolute atomic E-state index is 0.00108. The van der Waals surface area contributed by atoms with Crippen molar-refractivity contribution in [3.05, 3.63) is 58.4 Å². The number of benzene rings is 2. The lowest BCUT2D eigenvalue weighted by Crippen LogP contribution is -2.28. The van der Waals surface area contributed by atoms with Gasteiger partial charge in [0.05, 0.1) is 23.8 Å². The van der Waals surface area contributed by atoms with Crippen LogP contribution in [0.15, 0.2) is 36.4 Å². The molecule has 0 fully saturated rings. The van der Waals surface area contributed by atoms with Crippen molar-refractivity contribution in [1.29, 1.82) is 0 Å². The number of amides is 1. The highest BCUT2D eigenvalue weighted by molar-refractivity contribution is 6.32. The highest BCUT2D eigenvalue weighted by atomic mass is 35.5. The Hall–Kier alpha value is -2.80. The molecule has 3 rings (SSSR count). The summed E-state index contributed by atoms with van der Waals surface area (Å²) in [6.07, 6.45) is 0.701. The standard InChI is InChI=1S/C19H17ClFNO5/c20-14-8-13(9-16-18(14)26-7-3-6-25-16)19(24)27-11-17(23)22-10-12-4-1-2-5-15(12)21/h1-2,4-5,8-9H,3,6-7,10-11H2,(H,22,23). The van der Waals surface area contributed by atoms with Crippen molar-refractivity contribution in [2.75, 3.05) is 19.8 Å². The van der Waals surface area contributed by atoms with Gasteiger partial charge in [0, 0.05) is 18.5 Å². The first-order valence-electron chi connectivity index (χ1n) is 8.31. The smallest absolute Gasteiger partial charge is 0.338 e. The van der Waals surface area contributed by atoms with Gasteiger partial charge in [0.15, 0.2) is 18.1 Å². The second-order valence-electron chi connectivity index (χ2n) is 5.78. The van der Waals surface area contributed by atoms with Gasteiger partial charge in [-0.1, -0.05) is 29.8 Å². The highest BCUT2D eigenvalue weighted by Crippen LogP contribution is 2.38. The van der Waals surface area contributed by atoms with Crippen LogP contribution >= 0.6 is 11.6 Å². The molecule has 0 aromatic heterocycles. The zero-order valence-electron chi connectivity index (χ0n) is 14.3. The van der Waals surface area contributed by atoms with Gasteiger partial charge < -0.3 is 19.5 Å². The number of carbonyl (C=O) groups is 2. The highest BCUT2D eigenvalue weighted by Gasteiger charge is 2.19. The maximum absolute atomic E-state index is 13.5. The fourth-order valence-corrected chi connectivity index (χ4v) is 2.71. The number of esters is 1. The molecule has 6 nitrogen and oxygen atoms in total. The summed E-state index contributed by atoms with van der Waals surface area (Å²) < 4.78 is 29.5. The summed E-state index contributed by atoms with van der Waals surface area (Å²) in [6.45, 7) is 0.414. The maximum Gasteiger partial charge on any atom is 0.338 e. The molecule has 1 heterocycles. The van der Waals surface area contributed by atoms with Crippen molar-refractivity contribution in [2.24, 2.45) is 0 Å². The van der Waals surface area contributed by atoms with Crippen molar-refractivity contribution in [1.82, 2.24) is 5.32 Å². The van der Waals surface area contributed by atoms with Gasteiger partial charge in [0.25, 0.3) is 5.91 Å². The van der Waals surface area contributed by atoms with Gasteiger partial charge in [0.2, 0.25) is 0 Å². The van der Waals surface area contributed by atoms with Crippen LogP contribution in [0, 0.1) is 5.82 Å². The molecular formula is C19H17ClFNO5. The molecule has 0 bridgehead atoms. The maximum atomic E-state index is 13.5. The van der Waals surface area contributed by atoms with Gasteiger partial charge in [-0.3, -0.25) is 4.79 Å². The summed E-state index contributed by atoms with van der Waals surface area (Å²) in [6, 6.07) is 8.94.